The van der Waals surface area contributed by atoms with Crippen LogP contribution in [0.5, 0.6) is 0 Å². The van der Waals surface area contributed by atoms with Gasteiger partial charge in [-0.2, -0.15) is 11.8 Å². The summed E-state index contributed by atoms with van der Waals surface area (Å²) >= 11 is 1.61. The van der Waals surface area contributed by atoms with Crippen LogP contribution in [0.4, 0.5) is 4.39 Å². The standard InChI is InChI=1S/C11H12FNO2S/c12-8-3-1-7(2-4-8)11(15)13-9-5-16-6-10(9)14/h1-4,9-10,14H,5-6H2,(H,13,15). The molecule has 3 nitrogen and oxygen atoms in total. The van der Waals surface area contributed by atoms with E-state index in [2.05, 4.69) is 5.32 Å². The minimum atomic E-state index is -0.491. The van der Waals surface area contributed by atoms with E-state index in [0.717, 1.165) is 0 Å². The Labute approximate surface area is 97.0 Å². The monoisotopic (exact) mass is 241 g/mol. The smallest absolute Gasteiger partial charge is 0.251 e. The van der Waals surface area contributed by atoms with Gasteiger partial charge in [0.15, 0.2) is 0 Å². The Kier molecular flexibility index (Phi) is 3.46. The van der Waals surface area contributed by atoms with Gasteiger partial charge in [0, 0.05) is 17.1 Å². The first kappa shape index (κ1) is 11.4. The first-order valence-electron chi connectivity index (χ1n) is 4.99. The molecule has 0 aromatic heterocycles. The molecule has 1 aromatic carbocycles. The summed E-state index contributed by atoms with van der Waals surface area (Å²) < 4.78 is 12.6. The van der Waals surface area contributed by atoms with Crippen LogP contribution in [0, 0.1) is 5.82 Å². The summed E-state index contributed by atoms with van der Waals surface area (Å²) in [6, 6.07) is 5.14. The average Bonchev–Trinajstić information content (AvgIpc) is 2.65. The van der Waals surface area contributed by atoms with Crippen LogP contribution in [0.1, 0.15) is 10.4 Å². The summed E-state index contributed by atoms with van der Waals surface area (Å²) in [5.74, 6) is 0.724. The third-order valence-electron chi connectivity index (χ3n) is 2.47. The van der Waals surface area contributed by atoms with Crippen LogP contribution >= 0.6 is 11.8 Å². The lowest BCUT2D eigenvalue weighted by Crippen LogP contribution is -2.42. The van der Waals surface area contributed by atoms with E-state index in [4.69, 9.17) is 0 Å². The zero-order chi connectivity index (χ0) is 11.5. The second kappa shape index (κ2) is 4.84. The number of thioether (sulfide) groups is 1. The number of amides is 1. The van der Waals surface area contributed by atoms with Crippen molar-refractivity contribution in [3.05, 3.63) is 35.6 Å². The van der Waals surface area contributed by atoms with E-state index < -0.39 is 6.10 Å². The number of benzene rings is 1. The van der Waals surface area contributed by atoms with Crippen LogP contribution in [0.2, 0.25) is 0 Å². The van der Waals surface area contributed by atoms with E-state index in [1.54, 1.807) is 11.8 Å². The van der Waals surface area contributed by atoms with Crippen LogP contribution in [-0.2, 0) is 0 Å². The summed E-state index contributed by atoms with van der Waals surface area (Å²) in [6.45, 7) is 0. The zero-order valence-electron chi connectivity index (χ0n) is 8.52. The molecule has 0 bridgehead atoms. The Bertz CT molecular complexity index is 382. The lowest BCUT2D eigenvalue weighted by Gasteiger charge is -2.15. The van der Waals surface area contributed by atoms with Gasteiger partial charge in [0.25, 0.3) is 5.91 Å². The second-order valence-corrected chi connectivity index (χ2v) is 4.77. The predicted molar refractivity (Wildman–Crippen MR) is 61.0 cm³/mol. The van der Waals surface area contributed by atoms with Crippen molar-refractivity contribution in [3.63, 3.8) is 0 Å². The van der Waals surface area contributed by atoms with Crippen molar-refractivity contribution in [1.29, 1.82) is 0 Å². The second-order valence-electron chi connectivity index (χ2n) is 3.69. The molecule has 1 amide bonds. The molecular formula is C11H12FNO2S. The highest BCUT2D eigenvalue weighted by atomic mass is 32.2. The van der Waals surface area contributed by atoms with Crippen molar-refractivity contribution in [2.75, 3.05) is 11.5 Å². The Morgan fingerprint density at radius 3 is 2.62 bits per heavy atom. The number of carbonyl (C=O) groups excluding carboxylic acids is 1. The van der Waals surface area contributed by atoms with Gasteiger partial charge in [0.2, 0.25) is 0 Å². The van der Waals surface area contributed by atoms with E-state index in [0.29, 0.717) is 17.1 Å². The van der Waals surface area contributed by atoms with Crippen molar-refractivity contribution in [1.82, 2.24) is 5.32 Å². The summed E-state index contributed by atoms with van der Waals surface area (Å²) in [4.78, 5) is 11.7. The van der Waals surface area contributed by atoms with E-state index in [9.17, 15) is 14.3 Å². The molecule has 1 aromatic rings. The van der Waals surface area contributed by atoms with Crippen molar-refractivity contribution in [2.24, 2.45) is 0 Å². The minimum absolute atomic E-state index is 0.206. The number of nitrogens with one attached hydrogen (secondary N) is 1. The number of aliphatic hydroxyl groups is 1. The highest BCUT2D eigenvalue weighted by Gasteiger charge is 2.27. The van der Waals surface area contributed by atoms with Gasteiger partial charge >= 0.3 is 0 Å². The molecule has 2 rings (SSSR count). The van der Waals surface area contributed by atoms with Crippen LogP contribution in [-0.4, -0.2) is 34.7 Å². The Hall–Kier alpha value is -1.07. The van der Waals surface area contributed by atoms with Crippen molar-refractivity contribution in [3.8, 4) is 0 Å². The molecule has 1 fully saturated rings. The molecule has 2 N–H and O–H groups in total. The lowest BCUT2D eigenvalue weighted by atomic mass is 10.1. The van der Waals surface area contributed by atoms with E-state index >= 15 is 0 Å². The number of aliphatic hydroxyl groups excluding tert-OH is 1. The molecule has 1 heterocycles. The minimum Gasteiger partial charge on any atom is -0.390 e. The third kappa shape index (κ3) is 2.54. The van der Waals surface area contributed by atoms with E-state index in [-0.39, 0.29) is 17.8 Å². The summed E-state index contributed by atoms with van der Waals surface area (Å²) in [7, 11) is 0. The fourth-order valence-electron chi connectivity index (χ4n) is 1.53. The number of rotatable bonds is 2. The van der Waals surface area contributed by atoms with Gasteiger partial charge in [0.1, 0.15) is 5.82 Å². The fraction of sp³-hybridized carbons (Fsp3) is 0.364. The Morgan fingerprint density at radius 1 is 1.38 bits per heavy atom. The highest BCUT2D eigenvalue weighted by molar-refractivity contribution is 7.99. The van der Waals surface area contributed by atoms with Gasteiger partial charge in [0.05, 0.1) is 12.1 Å². The van der Waals surface area contributed by atoms with Crippen molar-refractivity contribution < 1.29 is 14.3 Å². The van der Waals surface area contributed by atoms with Crippen LogP contribution < -0.4 is 5.32 Å². The zero-order valence-corrected chi connectivity index (χ0v) is 9.34. The molecule has 1 saturated heterocycles. The maximum atomic E-state index is 12.6. The SMILES string of the molecule is O=C(NC1CSCC1O)c1ccc(F)cc1. The Morgan fingerprint density at radius 2 is 2.06 bits per heavy atom. The quantitative estimate of drug-likeness (QED) is 0.813. The topological polar surface area (TPSA) is 49.3 Å². The molecule has 2 atom stereocenters. The van der Waals surface area contributed by atoms with Gasteiger partial charge < -0.3 is 10.4 Å². The third-order valence-corrected chi connectivity index (χ3v) is 3.65. The largest absolute Gasteiger partial charge is 0.390 e. The van der Waals surface area contributed by atoms with Gasteiger partial charge in [-0.05, 0) is 24.3 Å². The number of hydrogen-bond acceptors (Lipinski definition) is 3. The van der Waals surface area contributed by atoms with E-state index in [1.807, 2.05) is 0 Å². The summed E-state index contributed by atoms with van der Waals surface area (Å²) in [6.07, 6.45) is -0.491. The predicted octanol–water partition coefficient (Wildman–Crippen LogP) is 1.03. The lowest BCUT2D eigenvalue weighted by molar-refractivity contribution is 0.0889. The Balaban J connectivity index is 2.00. The molecule has 0 saturated carbocycles. The van der Waals surface area contributed by atoms with Crippen molar-refractivity contribution in [2.45, 2.75) is 12.1 Å². The molecule has 0 aliphatic carbocycles. The summed E-state index contributed by atoms with van der Waals surface area (Å²) in [5, 5.41) is 12.3. The number of carbonyl (C=O) groups is 1. The van der Waals surface area contributed by atoms with Gasteiger partial charge in [-0.1, -0.05) is 0 Å². The molecule has 86 valence electrons. The van der Waals surface area contributed by atoms with Crippen LogP contribution in [0.25, 0.3) is 0 Å². The first-order chi connectivity index (χ1) is 7.66. The average molecular weight is 241 g/mol. The maximum absolute atomic E-state index is 12.6. The maximum Gasteiger partial charge on any atom is 0.251 e. The molecule has 1 aliphatic heterocycles. The first-order valence-corrected chi connectivity index (χ1v) is 6.14. The van der Waals surface area contributed by atoms with Crippen LogP contribution in [0.15, 0.2) is 24.3 Å². The molecule has 2 unspecified atom stereocenters. The van der Waals surface area contributed by atoms with Crippen molar-refractivity contribution >= 4 is 17.7 Å². The number of hydrogen-bond donors (Lipinski definition) is 2. The molecule has 0 radical (unpaired) electrons. The number of halogens is 1. The van der Waals surface area contributed by atoms with Gasteiger partial charge in [-0.3, -0.25) is 4.79 Å². The van der Waals surface area contributed by atoms with Gasteiger partial charge in [-0.15, -0.1) is 0 Å². The molecule has 16 heavy (non-hydrogen) atoms. The van der Waals surface area contributed by atoms with Crippen LogP contribution in [0.3, 0.4) is 0 Å². The van der Waals surface area contributed by atoms with Gasteiger partial charge in [-0.25, -0.2) is 4.39 Å². The molecule has 1 aliphatic rings. The summed E-state index contributed by atoms with van der Waals surface area (Å²) in [5.41, 5.74) is 0.408. The fourth-order valence-corrected chi connectivity index (χ4v) is 2.70. The molecule has 5 heteroatoms. The molecular weight excluding hydrogens is 229 g/mol. The van der Waals surface area contributed by atoms with E-state index in [1.165, 1.54) is 24.3 Å². The molecule has 0 spiro atoms. The highest BCUT2D eigenvalue weighted by Crippen LogP contribution is 2.18. The normalized spacial score (nSPS) is 24.4.